The summed E-state index contributed by atoms with van der Waals surface area (Å²) in [5, 5.41) is 0. The van der Waals surface area contributed by atoms with Gasteiger partial charge < -0.3 is 14.0 Å². The summed E-state index contributed by atoms with van der Waals surface area (Å²) in [6.45, 7) is 1.96. The van der Waals surface area contributed by atoms with E-state index in [1.54, 1.807) is 14.2 Å². The first-order valence-electron chi connectivity index (χ1n) is 5.49. The number of ether oxygens (including phenoxy) is 2. The summed E-state index contributed by atoms with van der Waals surface area (Å²) in [7, 11) is 5.24. The van der Waals surface area contributed by atoms with Crippen LogP contribution in [0.5, 0.6) is 11.5 Å². The van der Waals surface area contributed by atoms with E-state index in [0.717, 1.165) is 33.2 Å². The Morgan fingerprint density at radius 3 is 2.06 bits per heavy atom. The van der Waals surface area contributed by atoms with Crippen LogP contribution >= 0.6 is 15.9 Å². The van der Waals surface area contributed by atoms with Crippen molar-refractivity contribution in [1.29, 1.82) is 0 Å². The van der Waals surface area contributed by atoms with E-state index in [1.165, 1.54) is 0 Å². The summed E-state index contributed by atoms with van der Waals surface area (Å²) in [6.07, 6.45) is 0. The number of benzene rings is 1. The van der Waals surface area contributed by atoms with E-state index in [4.69, 9.17) is 9.47 Å². The molecule has 2 rings (SSSR count). The number of imidazole rings is 1. The quantitative estimate of drug-likeness (QED) is 0.873. The third kappa shape index (κ3) is 2.22. The van der Waals surface area contributed by atoms with Crippen molar-refractivity contribution >= 4 is 15.9 Å². The fraction of sp³-hybridized carbons (Fsp3) is 0.308. The summed E-state index contributed by atoms with van der Waals surface area (Å²) in [5.41, 5.74) is 1.84. The van der Waals surface area contributed by atoms with Gasteiger partial charge in [-0.15, -0.1) is 0 Å². The van der Waals surface area contributed by atoms with Crippen LogP contribution in [0.4, 0.5) is 0 Å². The van der Waals surface area contributed by atoms with Crippen molar-refractivity contribution in [1.82, 2.24) is 9.55 Å². The number of rotatable bonds is 3. The molecule has 0 radical (unpaired) electrons. The summed E-state index contributed by atoms with van der Waals surface area (Å²) >= 11 is 3.55. The zero-order valence-corrected chi connectivity index (χ0v) is 12.4. The van der Waals surface area contributed by atoms with Crippen LogP contribution in [0.1, 0.15) is 5.82 Å². The van der Waals surface area contributed by atoms with Gasteiger partial charge in [-0.1, -0.05) is 0 Å². The van der Waals surface area contributed by atoms with E-state index in [2.05, 4.69) is 20.9 Å². The molecule has 5 heteroatoms. The minimum Gasteiger partial charge on any atom is -0.497 e. The minimum atomic E-state index is 0.750. The van der Waals surface area contributed by atoms with Gasteiger partial charge in [-0.2, -0.15) is 0 Å². The van der Waals surface area contributed by atoms with Crippen LogP contribution in [-0.4, -0.2) is 23.8 Å². The first-order valence-corrected chi connectivity index (χ1v) is 6.28. The largest absolute Gasteiger partial charge is 0.497 e. The molecule has 0 N–H and O–H groups in total. The van der Waals surface area contributed by atoms with Crippen LogP contribution in [0.15, 0.2) is 22.8 Å². The van der Waals surface area contributed by atoms with E-state index in [9.17, 15) is 0 Å². The maximum atomic E-state index is 5.27. The van der Waals surface area contributed by atoms with Gasteiger partial charge in [0.2, 0.25) is 0 Å². The van der Waals surface area contributed by atoms with Gasteiger partial charge in [0, 0.05) is 18.7 Å². The molecule has 0 aliphatic heterocycles. The number of nitrogens with zero attached hydrogens (tertiary/aromatic N) is 2. The van der Waals surface area contributed by atoms with Crippen molar-refractivity contribution in [3.05, 3.63) is 28.6 Å². The molecule has 0 aliphatic carbocycles. The number of aromatic nitrogens is 2. The van der Waals surface area contributed by atoms with Crippen LogP contribution in [-0.2, 0) is 7.05 Å². The first kappa shape index (κ1) is 13.0. The van der Waals surface area contributed by atoms with Gasteiger partial charge >= 0.3 is 0 Å². The third-order valence-electron chi connectivity index (χ3n) is 2.87. The van der Waals surface area contributed by atoms with E-state index in [-0.39, 0.29) is 0 Å². The molecule has 2 aromatic rings. The molecule has 0 aliphatic rings. The second-order valence-corrected chi connectivity index (χ2v) is 4.71. The van der Waals surface area contributed by atoms with Gasteiger partial charge in [0.25, 0.3) is 0 Å². The summed E-state index contributed by atoms with van der Waals surface area (Å²) in [6, 6.07) is 5.72. The monoisotopic (exact) mass is 310 g/mol. The molecule has 18 heavy (non-hydrogen) atoms. The van der Waals surface area contributed by atoms with Crippen LogP contribution in [0.25, 0.3) is 11.3 Å². The first-order chi connectivity index (χ1) is 8.56. The molecule has 0 atom stereocenters. The van der Waals surface area contributed by atoms with Crippen molar-refractivity contribution < 1.29 is 9.47 Å². The fourth-order valence-corrected chi connectivity index (χ4v) is 2.29. The molecule has 0 fully saturated rings. The minimum absolute atomic E-state index is 0.750. The molecule has 0 bridgehead atoms. The Kier molecular flexibility index (Phi) is 3.61. The zero-order chi connectivity index (χ0) is 13.3. The van der Waals surface area contributed by atoms with Crippen LogP contribution in [0, 0.1) is 6.92 Å². The lowest BCUT2D eigenvalue weighted by Crippen LogP contribution is -1.90. The molecule has 0 amide bonds. The summed E-state index contributed by atoms with van der Waals surface area (Å²) in [5.74, 6) is 2.44. The molecular formula is C13H15BrN2O2. The highest BCUT2D eigenvalue weighted by atomic mass is 79.9. The number of hydrogen-bond acceptors (Lipinski definition) is 3. The second kappa shape index (κ2) is 5.02. The molecule has 0 saturated carbocycles. The van der Waals surface area contributed by atoms with Gasteiger partial charge in [0.05, 0.1) is 14.2 Å². The van der Waals surface area contributed by atoms with E-state index >= 15 is 0 Å². The van der Waals surface area contributed by atoms with Crippen molar-refractivity contribution in [3.63, 3.8) is 0 Å². The molecule has 0 saturated heterocycles. The normalized spacial score (nSPS) is 10.5. The second-order valence-electron chi connectivity index (χ2n) is 3.96. The number of hydrogen-bond donors (Lipinski definition) is 0. The smallest absolute Gasteiger partial charge is 0.123 e. The predicted molar refractivity (Wildman–Crippen MR) is 74.2 cm³/mol. The van der Waals surface area contributed by atoms with Gasteiger partial charge in [-0.05, 0) is 35.0 Å². The topological polar surface area (TPSA) is 36.3 Å². The highest BCUT2D eigenvalue weighted by Crippen LogP contribution is 2.33. The van der Waals surface area contributed by atoms with Crippen LogP contribution < -0.4 is 9.47 Å². The molecular weight excluding hydrogens is 296 g/mol. The van der Waals surface area contributed by atoms with Gasteiger partial charge in [0.15, 0.2) is 0 Å². The van der Waals surface area contributed by atoms with Crippen LogP contribution in [0.2, 0.25) is 0 Å². The SMILES string of the molecule is COc1cc(OC)cc(-c2nc(C)n(C)c2Br)c1. The Hall–Kier alpha value is -1.49. The highest BCUT2D eigenvalue weighted by molar-refractivity contribution is 9.10. The summed E-state index contributed by atoms with van der Waals surface area (Å²) in [4.78, 5) is 4.54. The van der Waals surface area contributed by atoms with Crippen molar-refractivity contribution in [3.8, 4) is 22.8 Å². The molecule has 0 unspecified atom stereocenters. The number of methoxy groups -OCH3 is 2. The van der Waals surface area contributed by atoms with E-state index in [1.807, 2.05) is 36.7 Å². The van der Waals surface area contributed by atoms with Crippen molar-refractivity contribution in [2.24, 2.45) is 7.05 Å². The summed E-state index contributed by atoms with van der Waals surface area (Å²) < 4.78 is 13.5. The van der Waals surface area contributed by atoms with Gasteiger partial charge in [-0.25, -0.2) is 4.98 Å². The number of aryl methyl sites for hydroxylation is 1. The van der Waals surface area contributed by atoms with Crippen LogP contribution in [0.3, 0.4) is 0 Å². The standard InChI is InChI=1S/C13H15BrN2O2/c1-8-15-12(13(14)16(8)2)9-5-10(17-3)7-11(6-9)18-4/h5-7H,1-4H3. The molecule has 1 aromatic heterocycles. The maximum Gasteiger partial charge on any atom is 0.123 e. The van der Waals surface area contributed by atoms with Crippen molar-refractivity contribution in [2.75, 3.05) is 14.2 Å². The van der Waals surface area contributed by atoms with E-state index in [0.29, 0.717) is 0 Å². The molecule has 96 valence electrons. The Balaban J connectivity index is 2.59. The lowest BCUT2D eigenvalue weighted by molar-refractivity contribution is 0.394. The average Bonchev–Trinajstić information content (AvgIpc) is 2.65. The Morgan fingerprint density at radius 2 is 1.67 bits per heavy atom. The Labute approximate surface area is 115 Å². The Bertz CT molecular complexity index is 556. The average molecular weight is 311 g/mol. The lowest BCUT2D eigenvalue weighted by atomic mass is 10.1. The van der Waals surface area contributed by atoms with Gasteiger partial charge in [0.1, 0.15) is 27.6 Å². The molecule has 1 aromatic carbocycles. The number of halogens is 1. The highest BCUT2D eigenvalue weighted by Gasteiger charge is 2.13. The lowest BCUT2D eigenvalue weighted by Gasteiger charge is -2.07. The molecule has 1 heterocycles. The predicted octanol–water partition coefficient (Wildman–Crippen LogP) is 3.18. The van der Waals surface area contributed by atoms with E-state index < -0.39 is 0 Å². The maximum absolute atomic E-state index is 5.27. The zero-order valence-electron chi connectivity index (χ0n) is 10.8. The molecule has 0 spiro atoms. The molecule has 4 nitrogen and oxygen atoms in total. The Morgan fingerprint density at radius 1 is 1.11 bits per heavy atom. The third-order valence-corrected chi connectivity index (χ3v) is 3.78. The van der Waals surface area contributed by atoms with Crippen molar-refractivity contribution in [2.45, 2.75) is 6.92 Å². The fourth-order valence-electron chi connectivity index (χ4n) is 1.71. The van der Waals surface area contributed by atoms with Gasteiger partial charge in [-0.3, -0.25) is 0 Å².